The number of carbonyl (C=O) groups excluding carboxylic acids is 1. The SMILES string of the molecule is CCNS(=O)(=O)c1ccc(/C=C(\C#N)C(=O)N(c2ccc3nc(S)sc3c2)C(C)C)cc1. The van der Waals surface area contributed by atoms with Gasteiger partial charge in [-0.3, -0.25) is 4.79 Å². The molecule has 0 radical (unpaired) electrons. The minimum Gasteiger partial charge on any atom is -0.305 e. The first-order valence-electron chi connectivity index (χ1n) is 9.81. The zero-order valence-corrected chi connectivity index (χ0v) is 20.3. The highest BCUT2D eigenvalue weighted by Crippen LogP contribution is 2.30. The number of nitrogens with one attached hydrogen (secondary N) is 1. The van der Waals surface area contributed by atoms with Gasteiger partial charge >= 0.3 is 0 Å². The molecule has 0 saturated carbocycles. The van der Waals surface area contributed by atoms with Gasteiger partial charge in [-0.1, -0.05) is 19.1 Å². The average molecular weight is 487 g/mol. The minimum atomic E-state index is -3.57. The quantitative estimate of drug-likeness (QED) is 0.295. The van der Waals surface area contributed by atoms with Crippen LogP contribution in [0.3, 0.4) is 0 Å². The third-order valence-corrected chi connectivity index (χ3v) is 7.32. The lowest BCUT2D eigenvalue weighted by Gasteiger charge is -2.26. The number of thiazole rings is 1. The van der Waals surface area contributed by atoms with Gasteiger partial charge in [0.1, 0.15) is 16.0 Å². The molecule has 7 nitrogen and oxygen atoms in total. The molecule has 3 aromatic rings. The number of amides is 1. The predicted octanol–water partition coefficient (Wildman–Crippen LogP) is 4.23. The first-order valence-corrected chi connectivity index (χ1v) is 12.6. The minimum absolute atomic E-state index is 0.0553. The van der Waals surface area contributed by atoms with Crippen LogP contribution in [0.4, 0.5) is 5.69 Å². The molecule has 0 fully saturated rings. The van der Waals surface area contributed by atoms with Crippen molar-refractivity contribution < 1.29 is 13.2 Å². The summed E-state index contributed by atoms with van der Waals surface area (Å²) in [7, 11) is -3.57. The number of benzene rings is 2. The second-order valence-corrected chi connectivity index (χ2v) is 10.7. The van der Waals surface area contributed by atoms with Crippen LogP contribution in [0.25, 0.3) is 16.3 Å². The van der Waals surface area contributed by atoms with Crippen LogP contribution in [0.5, 0.6) is 0 Å². The molecule has 166 valence electrons. The summed E-state index contributed by atoms with van der Waals surface area (Å²) in [5, 5.41) is 9.67. The number of rotatable bonds is 7. The van der Waals surface area contributed by atoms with Crippen LogP contribution in [0, 0.1) is 11.3 Å². The summed E-state index contributed by atoms with van der Waals surface area (Å²) in [6.45, 7) is 5.72. The third-order valence-electron chi connectivity index (χ3n) is 4.56. The Balaban J connectivity index is 1.94. The zero-order chi connectivity index (χ0) is 23.5. The van der Waals surface area contributed by atoms with Gasteiger partial charge in [-0.25, -0.2) is 18.1 Å². The molecule has 0 bridgehead atoms. The molecular formula is C22H22N4O3S3. The van der Waals surface area contributed by atoms with E-state index in [2.05, 4.69) is 22.3 Å². The van der Waals surface area contributed by atoms with Crippen molar-refractivity contribution in [2.24, 2.45) is 0 Å². The Morgan fingerprint density at radius 1 is 1.28 bits per heavy atom. The molecule has 0 aliphatic heterocycles. The molecule has 1 amide bonds. The van der Waals surface area contributed by atoms with Crippen LogP contribution in [0.15, 0.2) is 57.3 Å². The van der Waals surface area contributed by atoms with E-state index >= 15 is 0 Å². The van der Waals surface area contributed by atoms with E-state index in [-0.39, 0.29) is 23.1 Å². The smallest absolute Gasteiger partial charge is 0.269 e. The molecule has 1 heterocycles. The normalized spacial score (nSPS) is 12.2. The number of nitrogens with zero attached hydrogens (tertiary/aromatic N) is 3. The second kappa shape index (κ2) is 9.83. The molecule has 32 heavy (non-hydrogen) atoms. The number of aromatic nitrogens is 1. The molecule has 3 rings (SSSR count). The van der Waals surface area contributed by atoms with Crippen molar-refractivity contribution in [1.82, 2.24) is 9.71 Å². The molecule has 10 heteroatoms. The van der Waals surface area contributed by atoms with E-state index in [1.54, 1.807) is 30.0 Å². The van der Waals surface area contributed by atoms with Gasteiger partial charge in [0, 0.05) is 18.3 Å². The summed E-state index contributed by atoms with van der Waals surface area (Å²) in [6.07, 6.45) is 1.46. The predicted molar refractivity (Wildman–Crippen MR) is 130 cm³/mol. The molecule has 1 aromatic heterocycles. The van der Waals surface area contributed by atoms with Crippen LogP contribution in [-0.2, 0) is 14.8 Å². The topological polar surface area (TPSA) is 103 Å². The van der Waals surface area contributed by atoms with Gasteiger partial charge in [-0.15, -0.1) is 24.0 Å². The van der Waals surface area contributed by atoms with E-state index in [0.29, 0.717) is 15.6 Å². The van der Waals surface area contributed by atoms with Crippen molar-refractivity contribution >= 4 is 61.9 Å². The number of nitriles is 1. The zero-order valence-electron chi connectivity index (χ0n) is 17.7. The van der Waals surface area contributed by atoms with E-state index in [1.165, 1.54) is 29.5 Å². The molecule has 0 aliphatic carbocycles. The Hall–Kier alpha value is -2.71. The van der Waals surface area contributed by atoms with Gasteiger partial charge < -0.3 is 4.90 Å². The fourth-order valence-electron chi connectivity index (χ4n) is 3.16. The number of hydrogen-bond donors (Lipinski definition) is 2. The van der Waals surface area contributed by atoms with E-state index in [9.17, 15) is 18.5 Å². The van der Waals surface area contributed by atoms with E-state index < -0.39 is 15.9 Å². The lowest BCUT2D eigenvalue weighted by molar-refractivity contribution is -0.115. The van der Waals surface area contributed by atoms with Gasteiger partial charge in [0.25, 0.3) is 5.91 Å². The maximum absolute atomic E-state index is 13.3. The van der Waals surface area contributed by atoms with Gasteiger partial charge in [0.05, 0.1) is 15.1 Å². The number of hydrogen-bond acceptors (Lipinski definition) is 7. The van der Waals surface area contributed by atoms with Crippen molar-refractivity contribution in [2.45, 2.75) is 36.0 Å². The second-order valence-electron chi connectivity index (χ2n) is 7.16. The van der Waals surface area contributed by atoms with Crippen LogP contribution in [-0.4, -0.2) is 31.9 Å². The molecular weight excluding hydrogens is 464 g/mol. The molecule has 0 aliphatic rings. The third kappa shape index (κ3) is 5.19. The molecule has 0 spiro atoms. The highest BCUT2D eigenvalue weighted by Gasteiger charge is 2.23. The van der Waals surface area contributed by atoms with Crippen molar-refractivity contribution in [1.29, 1.82) is 5.26 Å². The lowest BCUT2D eigenvalue weighted by atomic mass is 10.1. The maximum atomic E-state index is 13.3. The first-order chi connectivity index (χ1) is 15.2. The number of sulfonamides is 1. The van der Waals surface area contributed by atoms with Crippen molar-refractivity contribution in [2.75, 3.05) is 11.4 Å². The largest absolute Gasteiger partial charge is 0.305 e. The number of thiol groups is 1. The first kappa shape index (κ1) is 23.9. The van der Waals surface area contributed by atoms with Crippen LogP contribution in [0.1, 0.15) is 26.3 Å². The summed E-state index contributed by atoms with van der Waals surface area (Å²) in [6, 6.07) is 13.3. The molecule has 2 aromatic carbocycles. The van der Waals surface area contributed by atoms with Crippen LogP contribution >= 0.6 is 24.0 Å². The standard InChI is InChI=1S/C22H22N4O3S3/c1-4-24-32(28,29)18-8-5-15(6-9-18)11-16(13-23)21(27)26(14(2)3)17-7-10-19-20(12-17)31-22(30)25-19/h5-12,14,24H,4H2,1-3H3,(H,25,30)/b16-11+. The van der Waals surface area contributed by atoms with Gasteiger partial charge in [-0.2, -0.15) is 5.26 Å². The molecule has 1 N–H and O–H groups in total. The van der Waals surface area contributed by atoms with Crippen LogP contribution < -0.4 is 9.62 Å². The summed E-state index contributed by atoms with van der Waals surface area (Å²) in [5.41, 5.74) is 1.94. The van der Waals surface area contributed by atoms with E-state index in [0.717, 1.165) is 10.2 Å². The summed E-state index contributed by atoms with van der Waals surface area (Å²) in [4.78, 5) is 19.3. The number of fused-ring (bicyclic) bond motifs is 1. The van der Waals surface area contributed by atoms with Gasteiger partial charge in [0.15, 0.2) is 0 Å². The number of carbonyl (C=O) groups is 1. The van der Waals surface area contributed by atoms with Gasteiger partial charge in [0.2, 0.25) is 10.0 Å². The van der Waals surface area contributed by atoms with Gasteiger partial charge in [-0.05, 0) is 55.8 Å². The van der Waals surface area contributed by atoms with Crippen LogP contribution in [0.2, 0.25) is 0 Å². The molecule has 0 atom stereocenters. The molecule has 0 saturated heterocycles. The fourth-order valence-corrected chi connectivity index (χ4v) is 5.34. The van der Waals surface area contributed by atoms with E-state index in [1.807, 2.05) is 32.0 Å². The monoisotopic (exact) mass is 486 g/mol. The summed E-state index contributed by atoms with van der Waals surface area (Å²) in [5.74, 6) is -0.443. The Kier molecular flexibility index (Phi) is 7.36. The average Bonchev–Trinajstić information content (AvgIpc) is 3.11. The maximum Gasteiger partial charge on any atom is 0.269 e. The number of anilines is 1. The highest BCUT2D eigenvalue weighted by molar-refractivity contribution is 7.89. The fraction of sp³-hybridized carbons (Fsp3) is 0.227. The Morgan fingerprint density at radius 3 is 2.56 bits per heavy atom. The van der Waals surface area contributed by atoms with E-state index in [4.69, 9.17) is 0 Å². The summed E-state index contributed by atoms with van der Waals surface area (Å²) < 4.78 is 28.1. The van der Waals surface area contributed by atoms with Crippen molar-refractivity contribution in [3.8, 4) is 6.07 Å². The Morgan fingerprint density at radius 2 is 1.97 bits per heavy atom. The molecule has 0 unspecified atom stereocenters. The lowest BCUT2D eigenvalue weighted by Crippen LogP contribution is -2.37. The van der Waals surface area contributed by atoms with Crippen molar-refractivity contribution in [3.63, 3.8) is 0 Å². The van der Waals surface area contributed by atoms with Crippen molar-refractivity contribution in [3.05, 3.63) is 53.6 Å². The highest BCUT2D eigenvalue weighted by atomic mass is 32.2. The Bertz CT molecular complexity index is 1320. The summed E-state index contributed by atoms with van der Waals surface area (Å²) >= 11 is 5.69. The Labute approximate surface area is 196 Å².